The van der Waals surface area contributed by atoms with E-state index in [0.29, 0.717) is 13.2 Å². The standard InChI is InChI=1S/C14H20N2O2S/c1-11-5-3-6-12-13(11)15-14(19)16(12)7-4-8-18-10-9-17-2/h3,5-6H,4,7-10H2,1-2H3,(H,15,19). The van der Waals surface area contributed by atoms with Gasteiger partial charge in [-0.05, 0) is 37.2 Å². The van der Waals surface area contributed by atoms with Gasteiger partial charge in [0.2, 0.25) is 0 Å². The van der Waals surface area contributed by atoms with Crippen LogP contribution in [0.15, 0.2) is 18.2 Å². The summed E-state index contributed by atoms with van der Waals surface area (Å²) in [5.41, 5.74) is 3.52. The predicted octanol–water partition coefficient (Wildman–Crippen LogP) is 3.06. The van der Waals surface area contributed by atoms with E-state index in [1.165, 1.54) is 11.1 Å². The summed E-state index contributed by atoms with van der Waals surface area (Å²) in [6.45, 7) is 4.98. The van der Waals surface area contributed by atoms with E-state index in [9.17, 15) is 0 Å². The van der Waals surface area contributed by atoms with Crippen LogP contribution in [0.2, 0.25) is 0 Å². The van der Waals surface area contributed by atoms with E-state index in [-0.39, 0.29) is 0 Å². The number of rotatable bonds is 7. The topological polar surface area (TPSA) is 39.2 Å². The number of methoxy groups -OCH3 is 1. The minimum absolute atomic E-state index is 0.645. The van der Waals surface area contributed by atoms with Gasteiger partial charge in [0, 0.05) is 20.3 Å². The van der Waals surface area contributed by atoms with Crippen LogP contribution < -0.4 is 0 Å². The van der Waals surface area contributed by atoms with E-state index in [0.717, 1.165) is 29.9 Å². The van der Waals surface area contributed by atoms with Crippen LogP contribution in [0.1, 0.15) is 12.0 Å². The average Bonchev–Trinajstić information content (AvgIpc) is 2.72. The monoisotopic (exact) mass is 280 g/mol. The number of nitrogens with one attached hydrogen (secondary N) is 1. The van der Waals surface area contributed by atoms with E-state index in [1.807, 2.05) is 0 Å². The molecule has 0 radical (unpaired) electrons. The molecule has 0 bridgehead atoms. The summed E-state index contributed by atoms with van der Waals surface area (Å²) in [7, 11) is 1.68. The fourth-order valence-electron chi connectivity index (χ4n) is 2.11. The van der Waals surface area contributed by atoms with Crippen molar-refractivity contribution < 1.29 is 9.47 Å². The molecule has 5 heteroatoms. The van der Waals surface area contributed by atoms with Crippen LogP contribution >= 0.6 is 12.2 Å². The summed E-state index contributed by atoms with van der Waals surface area (Å²) >= 11 is 5.38. The minimum atomic E-state index is 0.645. The van der Waals surface area contributed by atoms with Crippen molar-refractivity contribution in [2.45, 2.75) is 19.9 Å². The molecule has 0 aliphatic carbocycles. The molecule has 1 heterocycles. The second-order valence-corrected chi connectivity index (χ2v) is 4.90. The quantitative estimate of drug-likeness (QED) is 0.626. The van der Waals surface area contributed by atoms with Crippen molar-refractivity contribution in [1.29, 1.82) is 0 Å². The van der Waals surface area contributed by atoms with Crippen LogP contribution in [0, 0.1) is 11.7 Å². The van der Waals surface area contributed by atoms with Gasteiger partial charge < -0.3 is 19.0 Å². The highest BCUT2D eigenvalue weighted by molar-refractivity contribution is 7.71. The van der Waals surface area contributed by atoms with E-state index < -0.39 is 0 Å². The number of aryl methyl sites for hydroxylation is 2. The van der Waals surface area contributed by atoms with Crippen molar-refractivity contribution in [2.75, 3.05) is 26.9 Å². The van der Waals surface area contributed by atoms with Gasteiger partial charge in [-0.3, -0.25) is 0 Å². The molecule has 19 heavy (non-hydrogen) atoms. The van der Waals surface area contributed by atoms with E-state index in [2.05, 4.69) is 34.7 Å². The van der Waals surface area contributed by atoms with Gasteiger partial charge in [0.15, 0.2) is 4.77 Å². The fourth-order valence-corrected chi connectivity index (χ4v) is 2.41. The first kappa shape index (κ1) is 14.2. The average molecular weight is 280 g/mol. The third kappa shape index (κ3) is 3.43. The molecule has 0 atom stereocenters. The summed E-state index contributed by atoms with van der Waals surface area (Å²) in [4.78, 5) is 3.27. The number of H-pyrrole nitrogens is 1. The Bertz CT molecular complexity index is 589. The molecule has 0 aliphatic heterocycles. The molecule has 0 aliphatic rings. The number of imidazole rings is 1. The van der Waals surface area contributed by atoms with Gasteiger partial charge in [0.25, 0.3) is 0 Å². The molecular weight excluding hydrogens is 260 g/mol. The van der Waals surface area contributed by atoms with Crippen molar-refractivity contribution in [3.05, 3.63) is 28.5 Å². The highest BCUT2D eigenvalue weighted by Crippen LogP contribution is 2.18. The molecule has 2 rings (SSSR count). The predicted molar refractivity (Wildman–Crippen MR) is 79.2 cm³/mol. The third-order valence-corrected chi connectivity index (χ3v) is 3.44. The highest BCUT2D eigenvalue weighted by atomic mass is 32.1. The second-order valence-electron chi connectivity index (χ2n) is 4.51. The number of hydrogen-bond acceptors (Lipinski definition) is 3. The Balaban J connectivity index is 1.99. The van der Waals surface area contributed by atoms with Crippen LogP contribution in [-0.4, -0.2) is 36.5 Å². The Labute approximate surface area is 118 Å². The smallest absolute Gasteiger partial charge is 0.178 e. The summed E-state index contributed by atoms with van der Waals surface area (Å²) < 4.78 is 13.3. The molecule has 0 saturated carbocycles. The van der Waals surface area contributed by atoms with Crippen LogP contribution in [0.5, 0.6) is 0 Å². The molecule has 1 aromatic carbocycles. The van der Waals surface area contributed by atoms with Gasteiger partial charge in [0.05, 0.1) is 24.2 Å². The molecular formula is C14H20N2O2S. The number of nitrogens with zero attached hydrogens (tertiary/aromatic N) is 1. The Morgan fingerprint density at radius 2 is 2.11 bits per heavy atom. The maximum atomic E-state index is 5.47. The zero-order chi connectivity index (χ0) is 13.7. The van der Waals surface area contributed by atoms with Crippen molar-refractivity contribution in [1.82, 2.24) is 9.55 Å². The van der Waals surface area contributed by atoms with Gasteiger partial charge in [-0.25, -0.2) is 0 Å². The number of hydrogen-bond donors (Lipinski definition) is 1. The van der Waals surface area contributed by atoms with Gasteiger partial charge in [-0.1, -0.05) is 12.1 Å². The largest absolute Gasteiger partial charge is 0.382 e. The Morgan fingerprint density at radius 3 is 2.89 bits per heavy atom. The van der Waals surface area contributed by atoms with Gasteiger partial charge in [0.1, 0.15) is 0 Å². The van der Waals surface area contributed by atoms with Crippen LogP contribution in [0.25, 0.3) is 11.0 Å². The van der Waals surface area contributed by atoms with Crippen LogP contribution in [-0.2, 0) is 16.0 Å². The number of aromatic amines is 1. The lowest BCUT2D eigenvalue weighted by atomic mass is 10.2. The van der Waals surface area contributed by atoms with Crippen LogP contribution in [0.3, 0.4) is 0 Å². The van der Waals surface area contributed by atoms with E-state index in [4.69, 9.17) is 21.7 Å². The first-order valence-electron chi connectivity index (χ1n) is 6.49. The number of aromatic nitrogens is 2. The zero-order valence-corrected chi connectivity index (χ0v) is 12.3. The van der Waals surface area contributed by atoms with Gasteiger partial charge in [-0.15, -0.1) is 0 Å². The molecule has 0 amide bonds. The summed E-state index contributed by atoms with van der Waals surface area (Å²) in [6, 6.07) is 6.25. The number of ether oxygens (including phenoxy) is 2. The summed E-state index contributed by atoms with van der Waals surface area (Å²) in [5, 5.41) is 0. The van der Waals surface area contributed by atoms with E-state index >= 15 is 0 Å². The first-order chi connectivity index (χ1) is 9.24. The first-order valence-corrected chi connectivity index (χ1v) is 6.89. The molecule has 0 fully saturated rings. The molecule has 0 spiro atoms. The van der Waals surface area contributed by atoms with Crippen molar-refractivity contribution in [3.8, 4) is 0 Å². The molecule has 104 valence electrons. The fraction of sp³-hybridized carbons (Fsp3) is 0.500. The Morgan fingerprint density at radius 1 is 1.26 bits per heavy atom. The van der Waals surface area contributed by atoms with Gasteiger partial charge >= 0.3 is 0 Å². The molecule has 0 saturated heterocycles. The summed E-state index contributed by atoms with van der Waals surface area (Å²) in [6.07, 6.45) is 0.943. The maximum Gasteiger partial charge on any atom is 0.178 e. The molecule has 4 nitrogen and oxygen atoms in total. The molecule has 1 N–H and O–H groups in total. The van der Waals surface area contributed by atoms with Crippen molar-refractivity contribution in [2.24, 2.45) is 0 Å². The third-order valence-electron chi connectivity index (χ3n) is 3.12. The lowest BCUT2D eigenvalue weighted by Crippen LogP contribution is -2.06. The number of para-hydroxylation sites is 1. The Kier molecular flexibility index (Phi) is 5.13. The molecule has 0 unspecified atom stereocenters. The maximum absolute atomic E-state index is 5.47. The number of fused-ring (bicyclic) bond motifs is 1. The lowest BCUT2D eigenvalue weighted by Gasteiger charge is -2.06. The SMILES string of the molecule is COCCOCCCn1c(=S)[nH]c2c(C)cccc21. The molecule has 2 aromatic rings. The highest BCUT2D eigenvalue weighted by Gasteiger charge is 2.05. The normalized spacial score (nSPS) is 11.3. The second kappa shape index (κ2) is 6.84. The minimum Gasteiger partial charge on any atom is -0.382 e. The van der Waals surface area contributed by atoms with E-state index in [1.54, 1.807) is 7.11 Å². The van der Waals surface area contributed by atoms with Crippen LogP contribution in [0.4, 0.5) is 0 Å². The lowest BCUT2D eigenvalue weighted by molar-refractivity contribution is 0.0681. The zero-order valence-electron chi connectivity index (χ0n) is 11.4. The Hall–Kier alpha value is -1.17. The molecule has 1 aromatic heterocycles. The van der Waals surface area contributed by atoms with Gasteiger partial charge in [-0.2, -0.15) is 0 Å². The number of benzene rings is 1. The summed E-state index contributed by atoms with van der Waals surface area (Å²) in [5.74, 6) is 0. The van der Waals surface area contributed by atoms with Crippen molar-refractivity contribution >= 4 is 23.3 Å². The van der Waals surface area contributed by atoms with Crippen molar-refractivity contribution in [3.63, 3.8) is 0 Å².